The lowest BCUT2D eigenvalue weighted by Gasteiger charge is -2.10. The summed E-state index contributed by atoms with van der Waals surface area (Å²) in [4.78, 5) is 3.71. The third-order valence-corrected chi connectivity index (χ3v) is 2.36. The molecule has 1 aromatic rings. The van der Waals surface area contributed by atoms with Crippen LogP contribution in [0.2, 0.25) is 0 Å². The predicted molar refractivity (Wildman–Crippen MR) is 53.2 cm³/mol. The first-order valence-corrected chi connectivity index (χ1v) is 5.00. The first kappa shape index (κ1) is 11.8. The Balaban J connectivity index is 2.95. The van der Waals surface area contributed by atoms with Crippen molar-refractivity contribution in [2.45, 2.75) is 12.2 Å². The van der Waals surface area contributed by atoms with Gasteiger partial charge in [0.15, 0.2) is 5.75 Å². The van der Waals surface area contributed by atoms with Crippen molar-refractivity contribution in [1.29, 1.82) is 0 Å². The summed E-state index contributed by atoms with van der Waals surface area (Å²) < 4.78 is 39.5. The Bertz CT molecular complexity index is 331. The quantitative estimate of drug-likeness (QED) is 0.469. The Morgan fingerprint density at radius 2 is 2.14 bits per heavy atom. The smallest absolute Gasteiger partial charge is 0.403 e. The van der Waals surface area contributed by atoms with Crippen molar-refractivity contribution in [2.24, 2.45) is 0 Å². The van der Waals surface area contributed by atoms with Gasteiger partial charge in [0.2, 0.25) is 0 Å². The zero-order valence-electron chi connectivity index (χ0n) is 6.61. The van der Waals surface area contributed by atoms with Crippen LogP contribution in [-0.2, 0) is 5.88 Å². The summed E-state index contributed by atoms with van der Waals surface area (Å²) >= 11 is 7.10. The summed E-state index contributed by atoms with van der Waals surface area (Å²) in [5, 5.41) is 0. The molecule has 78 valence electrons. The van der Waals surface area contributed by atoms with E-state index < -0.39 is 6.36 Å². The van der Waals surface area contributed by atoms with Crippen molar-refractivity contribution in [3.63, 3.8) is 0 Å². The molecule has 0 aliphatic carbocycles. The van der Waals surface area contributed by atoms with E-state index in [4.69, 9.17) is 11.6 Å². The first-order valence-electron chi connectivity index (χ1n) is 3.38. The van der Waals surface area contributed by atoms with Crippen LogP contribution in [0.4, 0.5) is 13.2 Å². The molecule has 1 heterocycles. The SMILES string of the molecule is FC(F)(F)Oc1cc(CCl)cnc1I. The molecule has 0 amide bonds. The molecule has 1 rings (SSSR count). The van der Waals surface area contributed by atoms with Gasteiger partial charge in [-0.2, -0.15) is 0 Å². The summed E-state index contributed by atoms with van der Waals surface area (Å²) in [6.07, 6.45) is -3.30. The summed E-state index contributed by atoms with van der Waals surface area (Å²) in [6, 6.07) is 1.22. The summed E-state index contributed by atoms with van der Waals surface area (Å²) in [7, 11) is 0. The van der Waals surface area contributed by atoms with Crippen molar-refractivity contribution < 1.29 is 17.9 Å². The molecule has 1 aromatic heterocycles. The molecule has 0 unspecified atom stereocenters. The molecular formula is C7H4ClF3INO. The third-order valence-electron chi connectivity index (χ3n) is 1.24. The molecule has 0 aliphatic rings. The molecule has 0 saturated heterocycles. The topological polar surface area (TPSA) is 22.1 Å². The molecule has 0 radical (unpaired) electrons. The second-order valence-corrected chi connectivity index (χ2v) is 3.60. The standard InChI is InChI=1S/C7H4ClF3INO/c8-2-4-1-5(6(12)13-3-4)14-7(9,10)11/h1,3H,2H2. The van der Waals surface area contributed by atoms with Crippen LogP contribution >= 0.6 is 34.2 Å². The zero-order valence-corrected chi connectivity index (χ0v) is 9.52. The molecule has 0 N–H and O–H groups in total. The van der Waals surface area contributed by atoms with E-state index in [0.717, 1.165) is 0 Å². The maximum atomic E-state index is 11.9. The average molecular weight is 337 g/mol. The number of nitrogens with zero attached hydrogens (tertiary/aromatic N) is 1. The second kappa shape index (κ2) is 4.52. The van der Waals surface area contributed by atoms with Gasteiger partial charge in [0.25, 0.3) is 0 Å². The number of rotatable bonds is 2. The van der Waals surface area contributed by atoms with Crippen molar-refractivity contribution in [1.82, 2.24) is 4.98 Å². The minimum Gasteiger partial charge on any atom is -0.403 e. The Labute approximate surface area is 96.6 Å². The molecule has 0 atom stereocenters. The molecule has 0 aliphatic heterocycles. The lowest BCUT2D eigenvalue weighted by Crippen LogP contribution is -2.18. The molecular weight excluding hydrogens is 333 g/mol. The normalized spacial score (nSPS) is 11.5. The fraction of sp³-hybridized carbons (Fsp3) is 0.286. The molecule has 2 nitrogen and oxygen atoms in total. The van der Waals surface area contributed by atoms with Gasteiger partial charge in [0.1, 0.15) is 3.70 Å². The minimum absolute atomic E-state index is 0.0954. The average Bonchev–Trinajstić information content (AvgIpc) is 2.06. The van der Waals surface area contributed by atoms with Crippen LogP contribution in [0.15, 0.2) is 12.3 Å². The van der Waals surface area contributed by atoms with E-state index in [1.54, 1.807) is 22.6 Å². The van der Waals surface area contributed by atoms with Crippen LogP contribution in [0.5, 0.6) is 5.75 Å². The highest BCUT2D eigenvalue weighted by atomic mass is 127. The zero-order chi connectivity index (χ0) is 10.8. The number of hydrogen-bond acceptors (Lipinski definition) is 2. The van der Waals surface area contributed by atoms with Gasteiger partial charge in [-0.05, 0) is 34.2 Å². The lowest BCUT2D eigenvalue weighted by atomic mass is 10.3. The van der Waals surface area contributed by atoms with E-state index in [9.17, 15) is 13.2 Å². The minimum atomic E-state index is -4.70. The lowest BCUT2D eigenvalue weighted by molar-refractivity contribution is -0.275. The number of ether oxygens (including phenoxy) is 1. The predicted octanol–water partition coefficient (Wildman–Crippen LogP) is 3.32. The van der Waals surface area contributed by atoms with Gasteiger partial charge in [0, 0.05) is 12.1 Å². The van der Waals surface area contributed by atoms with Gasteiger partial charge >= 0.3 is 6.36 Å². The van der Waals surface area contributed by atoms with Gasteiger partial charge in [-0.3, -0.25) is 0 Å². The van der Waals surface area contributed by atoms with Crippen LogP contribution in [0, 0.1) is 3.70 Å². The molecule has 0 spiro atoms. The fourth-order valence-corrected chi connectivity index (χ4v) is 1.29. The van der Waals surface area contributed by atoms with E-state index in [0.29, 0.717) is 5.56 Å². The number of alkyl halides is 4. The van der Waals surface area contributed by atoms with Gasteiger partial charge in [-0.15, -0.1) is 24.8 Å². The Hall–Kier alpha value is -0.240. The summed E-state index contributed by atoms with van der Waals surface area (Å²) in [5.74, 6) is -0.228. The highest BCUT2D eigenvalue weighted by molar-refractivity contribution is 14.1. The first-order chi connectivity index (χ1) is 6.42. The van der Waals surface area contributed by atoms with Crippen molar-refractivity contribution in [3.8, 4) is 5.75 Å². The van der Waals surface area contributed by atoms with E-state index >= 15 is 0 Å². The van der Waals surface area contributed by atoms with Gasteiger partial charge in [0.05, 0.1) is 0 Å². The van der Waals surface area contributed by atoms with Gasteiger partial charge in [-0.25, -0.2) is 4.98 Å². The molecule has 0 bridgehead atoms. The second-order valence-electron chi connectivity index (χ2n) is 2.31. The maximum Gasteiger partial charge on any atom is 0.573 e. The highest BCUT2D eigenvalue weighted by Crippen LogP contribution is 2.27. The number of aromatic nitrogens is 1. The maximum absolute atomic E-state index is 11.9. The van der Waals surface area contributed by atoms with Gasteiger partial charge in [-0.1, -0.05) is 0 Å². The number of hydrogen-bond donors (Lipinski definition) is 0. The number of pyridine rings is 1. The molecule has 0 aromatic carbocycles. The van der Waals surface area contributed by atoms with Gasteiger partial charge < -0.3 is 4.74 Å². The van der Waals surface area contributed by atoms with Crippen LogP contribution in [-0.4, -0.2) is 11.3 Å². The van der Waals surface area contributed by atoms with E-state index in [1.807, 2.05) is 0 Å². The largest absolute Gasteiger partial charge is 0.573 e. The molecule has 0 fully saturated rings. The third kappa shape index (κ3) is 3.49. The van der Waals surface area contributed by atoms with Crippen LogP contribution in [0.1, 0.15) is 5.56 Å². The molecule has 0 saturated carbocycles. The van der Waals surface area contributed by atoms with Crippen LogP contribution in [0.25, 0.3) is 0 Å². The molecule has 14 heavy (non-hydrogen) atoms. The Morgan fingerprint density at radius 3 is 2.64 bits per heavy atom. The Morgan fingerprint density at radius 1 is 1.50 bits per heavy atom. The van der Waals surface area contributed by atoms with Crippen LogP contribution < -0.4 is 4.74 Å². The number of halogens is 5. The van der Waals surface area contributed by atoms with Crippen molar-refractivity contribution in [3.05, 3.63) is 21.5 Å². The Kier molecular flexibility index (Phi) is 3.82. The summed E-state index contributed by atoms with van der Waals surface area (Å²) in [5.41, 5.74) is 0.478. The van der Waals surface area contributed by atoms with E-state index in [1.165, 1.54) is 12.3 Å². The van der Waals surface area contributed by atoms with Crippen molar-refractivity contribution in [2.75, 3.05) is 0 Å². The summed E-state index contributed by atoms with van der Waals surface area (Å²) in [6.45, 7) is 0. The van der Waals surface area contributed by atoms with E-state index in [2.05, 4.69) is 9.72 Å². The van der Waals surface area contributed by atoms with Crippen LogP contribution in [0.3, 0.4) is 0 Å². The van der Waals surface area contributed by atoms with Crippen molar-refractivity contribution >= 4 is 34.2 Å². The van der Waals surface area contributed by atoms with E-state index in [-0.39, 0.29) is 15.3 Å². The monoisotopic (exact) mass is 337 g/mol. The highest BCUT2D eigenvalue weighted by Gasteiger charge is 2.32. The molecule has 7 heteroatoms. The fourth-order valence-electron chi connectivity index (χ4n) is 0.738.